The first-order valence-electron chi connectivity index (χ1n) is 5.65. The smallest absolute Gasteiger partial charge is 0.265 e. The molecule has 1 aromatic heterocycles. The van der Waals surface area contributed by atoms with Crippen molar-refractivity contribution < 1.29 is 8.42 Å². The van der Waals surface area contributed by atoms with Crippen LogP contribution in [0.15, 0.2) is 41.4 Å². The average Bonchev–Trinajstić information content (AvgIpc) is 2.43. The van der Waals surface area contributed by atoms with Gasteiger partial charge in [0, 0.05) is 11.2 Å². The molecule has 106 valence electrons. The summed E-state index contributed by atoms with van der Waals surface area (Å²) in [5.41, 5.74) is 3.31. The number of rotatable bonds is 4. The van der Waals surface area contributed by atoms with E-state index in [2.05, 4.69) is 15.1 Å². The summed E-state index contributed by atoms with van der Waals surface area (Å²) < 4.78 is 27.2. The Hall–Kier alpha value is -1.83. The Balaban J connectivity index is 2.44. The molecule has 0 radical (unpaired) electrons. The molecule has 0 amide bonds. The van der Waals surface area contributed by atoms with Gasteiger partial charge in [0.15, 0.2) is 5.82 Å². The molecule has 4 N–H and O–H groups in total. The number of hydrazine groups is 1. The number of nitrogens with two attached hydrogens (primary N) is 1. The van der Waals surface area contributed by atoms with Gasteiger partial charge >= 0.3 is 0 Å². The zero-order chi connectivity index (χ0) is 14.8. The fourth-order valence-corrected chi connectivity index (χ4v) is 3.05. The first kappa shape index (κ1) is 14.6. The maximum absolute atomic E-state index is 12.4. The highest BCUT2D eigenvalue weighted by Gasteiger charge is 2.20. The van der Waals surface area contributed by atoms with Crippen molar-refractivity contribution in [1.29, 1.82) is 0 Å². The van der Waals surface area contributed by atoms with E-state index in [0.717, 1.165) is 0 Å². The Morgan fingerprint density at radius 1 is 1.25 bits per heavy atom. The summed E-state index contributed by atoms with van der Waals surface area (Å²) >= 11 is 5.97. The van der Waals surface area contributed by atoms with Gasteiger partial charge in [-0.05, 0) is 36.8 Å². The molecule has 0 saturated heterocycles. The molecule has 0 aliphatic heterocycles. The van der Waals surface area contributed by atoms with Crippen LogP contribution < -0.4 is 16.0 Å². The summed E-state index contributed by atoms with van der Waals surface area (Å²) in [6.07, 6.45) is 1.44. The van der Waals surface area contributed by atoms with E-state index in [-0.39, 0.29) is 10.7 Å². The van der Waals surface area contributed by atoms with Crippen molar-refractivity contribution in [2.45, 2.75) is 11.8 Å². The van der Waals surface area contributed by atoms with Crippen LogP contribution in [0.5, 0.6) is 0 Å². The van der Waals surface area contributed by atoms with E-state index in [1.54, 1.807) is 25.1 Å². The molecule has 0 spiro atoms. The molecule has 1 aromatic carbocycles. The van der Waals surface area contributed by atoms with Gasteiger partial charge in [-0.2, -0.15) is 0 Å². The van der Waals surface area contributed by atoms with E-state index in [9.17, 15) is 8.42 Å². The van der Waals surface area contributed by atoms with Gasteiger partial charge in [-0.1, -0.05) is 17.7 Å². The minimum Gasteiger partial charge on any atom is -0.307 e. The van der Waals surface area contributed by atoms with Crippen LogP contribution in [-0.2, 0) is 10.0 Å². The number of nitrogens with one attached hydrogen (secondary N) is 2. The van der Waals surface area contributed by atoms with Crippen molar-refractivity contribution in [2.24, 2.45) is 5.84 Å². The van der Waals surface area contributed by atoms with Gasteiger partial charge in [0.1, 0.15) is 4.90 Å². The van der Waals surface area contributed by atoms with E-state index in [1.807, 2.05) is 0 Å². The third-order valence-corrected chi connectivity index (χ3v) is 4.52. The summed E-state index contributed by atoms with van der Waals surface area (Å²) in [5, 5.41) is 0.480. The third kappa shape index (κ3) is 2.84. The minimum atomic E-state index is -3.81. The number of hydrogen-bond acceptors (Lipinski definition) is 5. The van der Waals surface area contributed by atoms with E-state index < -0.39 is 10.0 Å². The number of nitrogens with zero attached hydrogens (tertiary/aromatic N) is 1. The zero-order valence-electron chi connectivity index (χ0n) is 10.6. The van der Waals surface area contributed by atoms with Gasteiger partial charge in [0.05, 0.1) is 5.69 Å². The lowest BCUT2D eigenvalue weighted by Crippen LogP contribution is -2.18. The third-order valence-electron chi connectivity index (χ3n) is 2.71. The minimum absolute atomic E-state index is 0.0399. The summed E-state index contributed by atoms with van der Waals surface area (Å²) in [6.45, 7) is 1.73. The first-order valence-corrected chi connectivity index (χ1v) is 7.51. The molecule has 0 bridgehead atoms. The first-order chi connectivity index (χ1) is 9.45. The Kier molecular flexibility index (Phi) is 4.12. The summed E-state index contributed by atoms with van der Waals surface area (Å²) in [5.74, 6) is 5.34. The number of halogens is 1. The molecule has 0 saturated carbocycles. The fourth-order valence-electron chi connectivity index (χ4n) is 1.63. The van der Waals surface area contributed by atoms with Gasteiger partial charge in [0.25, 0.3) is 10.0 Å². The molecule has 0 aliphatic rings. The van der Waals surface area contributed by atoms with Gasteiger partial charge in [0.2, 0.25) is 0 Å². The second-order valence-electron chi connectivity index (χ2n) is 4.01. The largest absolute Gasteiger partial charge is 0.307 e. The maximum Gasteiger partial charge on any atom is 0.265 e. The molecule has 1 heterocycles. The van der Waals surface area contributed by atoms with Crippen molar-refractivity contribution >= 4 is 33.1 Å². The van der Waals surface area contributed by atoms with Crippen LogP contribution in [-0.4, -0.2) is 13.4 Å². The zero-order valence-corrected chi connectivity index (χ0v) is 12.2. The highest BCUT2D eigenvalue weighted by Crippen LogP contribution is 2.26. The molecular formula is C12H13ClN4O2S. The second kappa shape index (κ2) is 5.66. The van der Waals surface area contributed by atoms with E-state index >= 15 is 0 Å². The molecule has 2 aromatic rings. The molecule has 8 heteroatoms. The Morgan fingerprint density at radius 3 is 2.70 bits per heavy atom. The lowest BCUT2D eigenvalue weighted by Gasteiger charge is -2.13. The standard InChI is InChI=1S/C12H13ClN4O2S/c1-8-9(13)4-2-5-10(8)17-20(18,19)11-6-3-7-15-12(11)16-14/h2-7,17H,14H2,1H3,(H,15,16). The predicted molar refractivity (Wildman–Crippen MR) is 79.0 cm³/mol. The second-order valence-corrected chi connectivity index (χ2v) is 6.07. The van der Waals surface area contributed by atoms with Crippen LogP contribution >= 0.6 is 11.6 Å². The number of pyridine rings is 1. The van der Waals surface area contributed by atoms with Crippen molar-refractivity contribution in [2.75, 3.05) is 10.1 Å². The molecule has 0 fully saturated rings. The number of benzene rings is 1. The average molecular weight is 313 g/mol. The maximum atomic E-state index is 12.4. The van der Waals surface area contributed by atoms with E-state index in [4.69, 9.17) is 17.4 Å². The van der Waals surface area contributed by atoms with Gasteiger partial charge < -0.3 is 5.43 Å². The van der Waals surface area contributed by atoms with Gasteiger partial charge in [-0.3, -0.25) is 4.72 Å². The number of sulfonamides is 1. The number of hydrogen-bond donors (Lipinski definition) is 3. The molecule has 20 heavy (non-hydrogen) atoms. The summed E-state index contributed by atoms with van der Waals surface area (Å²) in [6, 6.07) is 7.90. The lowest BCUT2D eigenvalue weighted by molar-refractivity contribution is 0.601. The van der Waals surface area contributed by atoms with Crippen LogP contribution in [0.3, 0.4) is 0 Å². The Morgan fingerprint density at radius 2 is 2.00 bits per heavy atom. The predicted octanol–water partition coefficient (Wildman–Crippen LogP) is 2.13. The summed E-state index contributed by atoms with van der Waals surface area (Å²) in [7, 11) is -3.81. The Labute approximate surface area is 122 Å². The highest BCUT2D eigenvalue weighted by molar-refractivity contribution is 7.92. The quantitative estimate of drug-likeness (QED) is 0.593. The van der Waals surface area contributed by atoms with Crippen LogP contribution in [0.4, 0.5) is 11.5 Å². The van der Waals surface area contributed by atoms with Crippen molar-refractivity contribution in [3.8, 4) is 0 Å². The monoisotopic (exact) mass is 312 g/mol. The highest BCUT2D eigenvalue weighted by atomic mass is 35.5. The van der Waals surface area contributed by atoms with Crippen LogP contribution in [0.1, 0.15) is 5.56 Å². The molecule has 0 unspecified atom stereocenters. The number of nitrogen functional groups attached to an aromatic ring is 1. The van der Waals surface area contributed by atoms with E-state index in [1.165, 1.54) is 18.3 Å². The fraction of sp³-hybridized carbons (Fsp3) is 0.0833. The van der Waals surface area contributed by atoms with Crippen molar-refractivity contribution in [1.82, 2.24) is 4.98 Å². The van der Waals surface area contributed by atoms with E-state index in [0.29, 0.717) is 16.3 Å². The molecule has 6 nitrogen and oxygen atoms in total. The number of anilines is 2. The Bertz CT molecular complexity index is 734. The molecular weight excluding hydrogens is 300 g/mol. The molecule has 0 aliphatic carbocycles. The molecule has 2 rings (SSSR count). The van der Waals surface area contributed by atoms with Crippen LogP contribution in [0, 0.1) is 6.92 Å². The number of aromatic nitrogens is 1. The van der Waals surface area contributed by atoms with Gasteiger partial charge in [-0.15, -0.1) is 0 Å². The topological polar surface area (TPSA) is 97.1 Å². The normalized spacial score (nSPS) is 11.2. The van der Waals surface area contributed by atoms with Crippen molar-refractivity contribution in [3.63, 3.8) is 0 Å². The van der Waals surface area contributed by atoms with Crippen molar-refractivity contribution in [3.05, 3.63) is 47.1 Å². The lowest BCUT2D eigenvalue weighted by atomic mass is 10.2. The summed E-state index contributed by atoms with van der Waals surface area (Å²) in [4.78, 5) is 3.82. The van der Waals surface area contributed by atoms with Gasteiger partial charge in [-0.25, -0.2) is 19.2 Å². The van der Waals surface area contributed by atoms with Crippen LogP contribution in [0.2, 0.25) is 5.02 Å². The van der Waals surface area contributed by atoms with Crippen LogP contribution in [0.25, 0.3) is 0 Å². The molecule has 0 atom stereocenters. The SMILES string of the molecule is Cc1c(Cl)cccc1NS(=O)(=O)c1cccnc1NN.